The minimum Gasteiger partial charge on any atom is -0.354 e. The second kappa shape index (κ2) is 7.90. The van der Waals surface area contributed by atoms with Crippen molar-refractivity contribution < 1.29 is 4.79 Å². The molecule has 0 radical (unpaired) electrons. The summed E-state index contributed by atoms with van der Waals surface area (Å²) in [4.78, 5) is 26.5. The molecular weight excluding hydrogens is 368 g/mol. The van der Waals surface area contributed by atoms with Crippen LogP contribution in [0.25, 0.3) is 10.7 Å². The Kier molecular flexibility index (Phi) is 5.19. The van der Waals surface area contributed by atoms with Gasteiger partial charge >= 0.3 is 0 Å². The van der Waals surface area contributed by atoms with Gasteiger partial charge in [0.25, 0.3) is 0 Å². The van der Waals surface area contributed by atoms with Crippen LogP contribution in [0.2, 0.25) is 0 Å². The number of hydrogen-bond acceptors (Lipinski definition) is 8. The third kappa shape index (κ3) is 4.06. The van der Waals surface area contributed by atoms with E-state index in [1.54, 1.807) is 11.3 Å². The van der Waals surface area contributed by atoms with Crippen LogP contribution >= 0.6 is 22.9 Å². The van der Waals surface area contributed by atoms with E-state index >= 15 is 0 Å². The first-order chi connectivity index (χ1) is 12.8. The number of nitrogens with zero attached hydrogens (tertiary/aromatic N) is 5. The standard InChI is InChI=1S/C17H18N6OS2/c24-15(19-17-20-16(21-26-17)13-4-3-11-25-13)12-22-7-9-23(10-8-22)14-5-1-2-6-18-14/h1-6,11H,7-10,12H2,(H,19,20,21,24). The number of aromatic nitrogens is 3. The van der Waals surface area contributed by atoms with Crippen molar-refractivity contribution in [3.05, 3.63) is 41.9 Å². The molecule has 4 heterocycles. The summed E-state index contributed by atoms with van der Waals surface area (Å²) >= 11 is 2.80. The van der Waals surface area contributed by atoms with Crippen LogP contribution < -0.4 is 10.2 Å². The fourth-order valence-corrected chi connectivity index (χ4v) is 4.13. The minimum atomic E-state index is -0.0508. The number of amides is 1. The number of anilines is 2. The van der Waals surface area contributed by atoms with E-state index in [-0.39, 0.29) is 5.91 Å². The Balaban J connectivity index is 1.27. The third-order valence-electron chi connectivity index (χ3n) is 4.13. The fourth-order valence-electron chi connectivity index (χ4n) is 2.82. The number of piperazine rings is 1. The predicted molar refractivity (Wildman–Crippen MR) is 105 cm³/mol. The van der Waals surface area contributed by atoms with Crippen LogP contribution in [0.1, 0.15) is 0 Å². The lowest BCUT2D eigenvalue weighted by Crippen LogP contribution is -2.48. The number of carbonyl (C=O) groups excluding carboxylic acids is 1. The molecule has 3 aromatic heterocycles. The van der Waals surface area contributed by atoms with Gasteiger partial charge in [-0.15, -0.1) is 11.3 Å². The first kappa shape index (κ1) is 17.1. The molecule has 1 N–H and O–H groups in total. The molecule has 0 aromatic carbocycles. The van der Waals surface area contributed by atoms with E-state index in [9.17, 15) is 4.79 Å². The summed E-state index contributed by atoms with van der Waals surface area (Å²) in [7, 11) is 0. The van der Waals surface area contributed by atoms with Crippen molar-refractivity contribution in [2.75, 3.05) is 42.9 Å². The predicted octanol–water partition coefficient (Wildman–Crippen LogP) is 2.42. The zero-order chi connectivity index (χ0) is 17.8. The van der Waals surface area contributed by atoms with Gasteiger partial charge in [-0.05, 0) is 23.6 Å². The molecule has 1 saturated heterocycles. The average molecular weight is 387 g/mol. The van der Waals surface area contributed by atoms with E-state index in [4.69, 9.17) is 0 Å². The van der Waals surface area contributed by atoms with Crippen molar-refractivity contribution in [3.8, 4) is 10.7 Å². The van der Waals surface area contributed by atoms with E-state index in [1.165, 1.54) is 11.5 Å². The highest BCUT2D eigenvalue weighted by molar-refractivity contribution is 7.14. The SMILES string of the molecule is O=C(CN1CCN(c2ccccn2)CC1)Nc1nc(-c2cccs2)ns1. The molecule has 1 aliphatic rings. The van der Waals surface area contributed by atoms with Gasteiger partial charge in [-0.1, -0.05) is 12.1 Å². The molecule has 1 fully saturated rings. The summed E-state index contributed by atoms with van der Waals surface area (Å²) in [5, 5.41) is 5.39. The van der Waals surface area contributed by atoms with Crippen LogP contribution in [-0.4, -0.2) is 57.9 Å². The van der Waals surface area contributed by atoms with Crippen LogP contribution in [0.5, 0.6) is 0 Å². The topological polar surface area (TPSA) is 74.2 Å². The molecule has 0 bridgehead atoms. The van der Waals surface area contributed by atoms with E-state index in [0.717, 1.165) is 36.9 Å². The Morgan fingerprint density at radius 3 is 2.77 bits per heavy atom. The Morgan fingerprint density at radius 1 is 1.15 bits per heavy atom. The van der Waals surface area contributed by atoms with Crippen LogP contribution in [0.4, 0.5) is 10.9 Å². The molecule has 9 heteroatoms. The second-order valence-corrected chi connectivity index (χ2v) is 7.60. The highest BCUT2D eigenvalue weighted by atomic mass is 32.1. The van der Waals surface area contributed by atoms with Gasteiger partial charge in [0, 0.05) is 43.9 Å². The summed E-state index contributed by atoms with van der Waals surface area (Å²) in [6, 6.07) is 9.86. The summed E-state index contributed by atoms with van der Waals surface area (Å²) in [5.74, 6) is 1.61. The van der Waals surface area contributed by atoms with E-state index in [0.29, 0.717) is 17.5 Å². The maximum Gasteiger partial charge on any atom is 0.240 e. The molecule has 0 aliphatic carbocycles. The fraction of sp³-hybridized carbons (Fsp3) is 0.294. The molecule has 134 valence electrons. The zero-order valence-corrected chi connectivity index (χ0v) is 15.7. The van der Waals surface area contributed by atoms with Crippen molar-refractivity contribution in [2.24, 2.45) is 0 Å². The average Bonchev–Trinajstić information content (AvgIpc) is 3.35. The normalized spacial score (nSPS) is 15.2. The Morgan fingerprint density at radius 2 is 2.04 bits per heavy atom. The number of thiophene rings is 1. The molecule has 26 heavy (non-hydrogen) atoms. The third-order valence-corrected chi connectivity index (χ3v) is 5.62. The molecule has 0 spiro atoms. The van der Waals surface area contributed by atoms with Gasteiger partial charge in [0.15, 0.2) is 5.82 Å². The minimum absolute atomic E-state index is 0.0508. The smallest absolute Gasteiger partial charge is 0.240 e. The van der Waals surface area contributed by atoms with Crippen molar-refractivity contribution in [2.45, 2.75) is 0 Å². The van der Waals surface area contributed by atoms with Crippen LogP contribution in [0, 0.1) is 0 Å². The van der Waals surface area contributed by atoms with Crippen LogP contribution in [0.15, 0.2) is 41.9 Å². The second-order valence-electron chi connectivity index (χ2n) is 5.90. The lowest BCUT2D eigenvalue weighted by molar-refractivity contribution is -0.117. The highest BCUT2D eigenvalue weighted by Gasteiger charge is 2.20. The first-order valence-electron chi connectivity index (χ1n) is 8.34. The molecule has 0 unspecified atom stereocenters. The number of nitrogens with one attached hydrogen (secondary N) is 1. The van der Waals surface area contributed by atoms with Gasteiger partial charge < -0.3 is 4.90 Å². The van der Waals surface area contributed by atoms with E-state index in [2.05, 4.69) is 29.5 Å². The van der Waals surface area contributed by atoms with Crippen molar-refractivity contribution in [3.63, 3.8) is 0 Å². The monoisotopic (exact) mass is 386 g/mol. The molecule has 0 atom stereocenters. The van der Waals surface area contributed by atoms with Gasteiger partial charge in [-0.25, -0.2) is 4.98 Å². The van der Waals surface area contributed by atoms with Crippen molar-refractivity contribution in [1.29, 1.82) is 0 Å². The zero-order valence-electron chi connectivity index (χ0n) is 14.0. The number of pyridine rings is 1. The van der Waals surface area contributed by atoms with Crippen molar-refractivity contribution >= 4 is 39.7 Å². The quantitative estimate of drug-likeness (QED) is 0.726. The first-order valence-corrected chi connectivity index (χ1v) is 9.99. The largest absolute Gasteiger partial charge is 0.354 e. The van der Waals surface area contributed by atoms with Gasteiger partial charge in [-0.3, -0.25) is 15.0 Å². The summed E-state index contributed by atoms with van der Waals surface area (Å²) in [5.41, 5.74) is 0. The molecule has 4 rings (SSSR count). The summed E-state index contributed by atoms with van der Waals surface area (Å²) < 4.78 is 4.30. The van der Waals surface area contributed by atoms with Gasteiger partial charge in [0.2, 0.25) is 11.0 Å². The van der Waals surface area contributed by atoms with Gasteiger partial charge in [-0.2, -0.15) is 9.36 Å². The Hall–Kier alpha value is -2.36. The highest BCUT2D eigenvalue weighted by Crippen LogP contribution is 2.25. The number of hydrogen-bond donors (Lipinski definition) is 1. The lowest BCUT2D eigenvalue weighted by atomic mass is 10.3. The lowest BCUT2D eigenvalue weighted by Gasteiger charge is -2.34. The van der Waals surface area contributed by atoms with Gasteiger partial charge in [0.05, 0.1) is 11.4 Å². The summed E-state index contributed by atoms with van der Waals surface area (Å²) in [6.45, 7) is 3.77. The molecule has 7 nitrogen and oxygen atoms in total. The molecule has 1 aliphatic heterocycles. The number of carbonyl (C=O) groups is 1. The Labute approximate surface area is 159 Å². The maximum atomic E-state index is 12.3. The van der Waals surface area contributed by atoms with Crippen LogP contribution in [0.3, 0.4) is 0 Å². The number of rotatable bonds is 5. The summed E-state index contributed by atoms with van der Waals surface area (Å²) in [6.07, 6.45) is 1.81. The van der Waals surface area contributed by atoms with Crippen LogP contribution in [-0.2, 0) is 4.79 Å². The molecule has 0 saturated carbocycles. The maximum absolute atomic E-state index is 12.3. The van der Waals surface area contributed by atoms with Gasteiger partial charge in [0.1, 0.15) is 5.82 Å². The van der Waals surface area contributed by atoms with Crippen molar-refractivity contribution in [1.82, 2.24) is 19.2 Å². The van der Waals surface area contributed by atoms with E-state index in [1.807, 2.05) is 41.9 Å². The molecular formula is C17H18N6OS2. The molecule has 3 aromatic rings. The molecule has 1 amide bonds. The van der Waals surface area contributed by atoms with E-state index < -0.39 is 0 Å². The Bertz CT molecular complexity index is 843.